The lowest BCUT2D eigenvalue weighted by Gasteiger charge is -2.25. The molecule has 1 saturated carbocycles. The molecular formula is C10H16N4. The monoisotopic (exact) mass is 192 g/mol. The first-order valence-electron chi connectivity index (χ1n) is 5.04. The molecule has 1 aliphatic carbocycles. The van der Waals surface area contributed by atoms with E-state index in [1.807, 2.05) is 0 Å². The van der Waals surface area contributed by atoms with Crippen molar-refractivity contribution in [3.63, 3.8) is 0 Å². The van der Waals surface area contributed by atoms with Gasteiger partial charge in [-0.1, -0.05) is 12.8 Å². The molecule has 0 spiro atoms. The van der Waals surface area contributed by atoms with Crippen LogP contribution in [0.1, 0.15) is 32.6 Å². The molecule has 14 heavy (non-hydrogen) atoms. The second-order valence-corrected chi connectivity index (χ2v) is 4.22. The lowest BCUT2D eigenvalue weighted by molar-refractivity contribution is 0.530. The second-order valence-electron chi connectivity index (χ2n) is 4.22. The van der Waals surface area contributed by atoms with Gasteiger partial charge >= 0.3 is 0 Å². The fourth-order valence-corrected chi connectivity index (χ4v) is 1.99. The van der Waals surface area contributed by atoms with Gasteiger partial charge in [0.05, 0.1) is 12.4 Å². The first-order chi connectivity index (χ1) is 6.68. The molecule has 0 unspecified atom stereocenters. The standard InChI is InChI=1S/C10H16N4/c1-10(4-2-3-5-10)14-9-7-12-8(11)6-13-9/h6-7H,2-5H2,1H3,(H2,11,12)(H,13,14). The molecule has 0 atom stereocenters. The van der Waals surface area contributed by atoms with Gasteiger partial charge < -0.3 is 11.1 Å². The van der Waals surface area contributed by atoms with Crippen molar-refractivity contribution in [2.45, 2.75) is 38.1 Å². The van der Waals surface area contributed by atoms with E-state index in [0.29, 0.717) is 5.82 Å². The SMILES string of the molecule is CC1(Nc2cnc(N)cn2)CCCC1. The maximum Gasteiger partial charge on any atom is 0.145 e. The zero-order valence-electron chi connectivity index (χ0n) is 8.45. The Hall–Kier alpha value is -1.32. The van der Waals surface area contributed by atoms with Crippen molar-refractivity contribution < 1.29 is 0 Å². The van der Waals surface area contributed by atoms with Gasteiger partial charge in [0.1, 0.15) is 11.6 Å². The molecule has 0 saturated heterocycles. The van der Waals surface area contributed by atoms with E-state index in [1.54, 1.807) is 12.4 Å². The Labute approximate surface area is 83.9 Å². The first kappa shape index (κ1) is 9.24. The van der Waals surface area contributed by atoms with Crippen LogP contribution in [0.15, 0.2) is 12.4 Å². The van der Waals surface area contributed by atoms with E-state index in [1.165, 1.54) is 25.7 Å². The molecule has 4 nitrogen and oxygen atoms in total. The minimum Gasteiger partial charge on any atom is -0.382 e. The number of hydrogen-bond acceptors (Lipinski definition) is 4. The van der Waals surface area contributed by atoms with Crippen LogP contribution in [0.5, 0.6) is 0 Å². The van der Waals surface area contributed by atoms with E-state index >= 15 is 0 Å². The highest BCUT2D eigenvalue weighted by Crippen LogP contribution is 2.31. The number of nitrogen functional groups attached to an aromatic ring is 1. The molecule has 1 heterocycles. The Morgan fingerprint density at radius 1 is 1.29 bits per heavy atom. The molecule has 3 N–H and O–H groups in total. The number of nitrogens with zero attached hydrogens (tertiary/aromatic N) is 2. The van der Waals surface area contributed by atoms with Crippen LogP contribution < -0.4 is 11.1 Å². The van der Waals surface area contributed by atoms with Gasteiger partial charge in [0.15, 0.2) is 0 Å². The van der Waals surface area contributed by atoms with Crippen molar-refractivity contribution in [3.8, 4) is 0 Å². The van der Waals surface area contributed by atoms with Crippen LogP contribution >= 0.6 is 0 Å². The predicted molar refractivity (Wildman–Crippen MR) is 56.9 cm³/mol. The Morgan fingerprint density at radius 2 is 2.00 bits per heavy atom. The number of hydrogen-bond donors (Lipinski definition) is 2. The highest BCUT2D eigenvalue weighted by molar-refractivity contribution is 5.38. The zero-order chi connectivity index (χ0) is 10.0. The summed E-state index contributed by atoms with van der Waals surface area (Å²) >= 11 is 0. The maximum absolute atomic E-state index is 5.47. The molecule has 1 aliphatic rings. The summed E-state index contributed by atoms with van der Waals surface area (Å²) in [6.07, 6.45) is 8.29. The fourth-order valence-electron chi connectivity index (χ4n) is 1.99. The van der Waals surface area contributed by atoms with Crippen LogP contribution in [0.25, 0.3) is 0 Å². The van der Waals surface area contributed by atoms with Gasteiger partial charge in [-0.15, -0.1) is 0 Å². The lowest BCUT2D eigenvalue weighted by Crippen LogP contribution is -2.31. The van der Waals surface area contributed by atoms with E-state index in [-0.39, 0.29) is 5.54 Å². The maximum atomic E-state index is 5.47. The van der Waals surface area contributed by atoms with E-state index in [0.717, 1.165) is 5.82 Å². The molecule has 4 heteroatoms. The third kappa shape index (κ3) is 1.95. The molecular weight excluding hydrogens is 176 g/mol. The molecule has 1 fully saturated rings. The van der Waals surface area contributed by atoms with Crippen LogP contribution in [0.3, 0.4) is 0 Å². The topological polar surface area (TPSA) is 63.8 Å². The van der Waals surface area contributed by atoms with Crippen molar-refractivity contribution in [2.24, 2.45) is 0 Å². The number of nitrogens with one attached hydrogen (secondary N) is 1. The van der Waals surface area contributed by atoms with E-state index < -0.39 is 0 Å². The largest absolute Gasteiger partial charge is 0.382 e. The third-order valence-corrected chi connectivity index (χ3v) is 2.81. The molecule has 1 aromatic heterocycles. The Balaban J connectivity index is 2.06. The third-order valence-electron chi connectivity index (χ3n) is 2.81. The molecule has 0 radical (unpaired) electrons. The Bertz CT molecular complexity index is 300. The van der Waals surface area contributed by atoms with Gasteiger partial charge in [-0.25, -0.2) is 9.97 Å². The van der Waals surface area contributed by atoms with Gasteiger partial charge in [-0.3, -0.25) is 0 Å². The van der Waals surface area contributed by atoms with E-state index in [2.05, 4.69) is 22.2 Å². The Morgan fingerprint density at radius 3 is 2.57 bits per heavy atom. The molecule has 0 aliphatic heterocycles. The van der Waals surface area contributed by atoms with Crippen LogP contribution in [0, 0.1) is 0 Å². The highest BCUT2D eigenvalue weighted by atomic mass is 15.1. The summed E-state index contributed by atoms with van der Waals surface area (Å²) in [5, 5.41) is 3.42. The van der Waals surface area contributed by atoms with Crippen molar-refractivity contribution in [1.82, 2.24) is 9.97 Å². The normalized spacial score (nSPS) is 19.5. The summed E-state index contributed by atoms with van der Waals surface area (Å²) in [7, 11) is 0. The van der Waals surface area contributed by atoms with Crippen LogP contribution in [0.4, 0.5) is 11.6 Å². The van der Waals surface area contributed by atoms with E-state index in [9.17, 15) is 0 Å². The minimum absolute atomic E-state index is 0.199. The number of anilines is 2. The smallest absolute Gasteiger partial charge is 0.145 e. The second kappa shape index (κ2) is 3.44. The van der Waals surface area contributed by atoms with Gasteiger partial charge in [-0.05, 0) is 19.8 Å². The number of nitrogens with two attached hydrogens (primary N) is 1. The van der Waals surface area contributed by atoms with E-state index in [4.69, 9.17) is 5.73 Å². The molecule has 0 bridgehead atoms. The average molecular weight is 192 g/mol. The summed E-state index contributed by atoms with van der Waals surface area (Å²) < 4.78 is 0. The summed E-state index contributed by atoms with van der Waals surface area (Å²) in [6, 6.07) is 0. The molecule has 0 amide bonds. The summed E-state index contributed by atoms with van der Waals surface area (Å²) in [5.74, 6) is 1.29. The minimum atomic E-state index is 0.199. The Kier molecular flexibility index (Phi) is 2.27. The summed E-state index contributed by atoms with van der Waals surface area (Å²) in [4.78, 5) is 8.19. The van der Waals surface area contributed by atoms with Gasteiger partial charge in [0.25, 0.3) is 0 Å². The van der Waals surface area contributed by atoms with Crippen molar-refractivity contribution in [3.05, 3.63) is 12.4 Å². The van der Waals surface area contributed by atoms with Gasteiger partial charge in [0.2, 0.25) is 0 Å². The predicted octanol–water partition coefficient (Wildman–Crippen LogP) is 1.80. The lowest BCUT2D eigenvalue weighted by atomic mass is 10.0. The van der Waals surface area contributed by atoms with Crippen LogP contribution in [0.2, 0.25) is 0 Å². The zero-order valence-corrected chi connectivity index (χ0v) is 8.45. The summed E-state index contributed by atoms with van der Waals surface area (Å²) in [5.41, 5.74) is 5.67. The van der Waals surface area contributed by atoms with Gasteiger partial charge in [0, 0.05) is 5.54 Å². The molecule has 2 rings (SSSR count). The molecule has 1 aromatic rings. The van der Waals surface area contributed by atoms with Crippen LogP contribution in [-0.4, -0.2) is 15.5 Å². The summed E-state index contributed by atoms with van der Waals surface area (Å²) in [6.45, 7) is 2.23. The average Bonchev–Trinajstić information content (AvgIpc) is 2.57. The molecule has 0 aromatic carbocycles. The highest BCUT2D eigenvalue weighted by Gasteiger charge is 2.28. The van der Waals surface area contributed by atoms with Crippen molar-refractivity contribution >= 4 is 11.6 Å². The number of aromatic nitrogens is 2. The van der Waals surface area contributed by atoms with Crippen molar-refractivity contribution in [1.29, 1.82) is 0 Å². The van der Waals surface area contributed by atoms with Gasteiger partial charge in [-0.2, -0.15) is 0 Å². The fraction of sp³-hybridized carbons (Fsp3) is 0.600. The quantitative estimate of drug-likeness (QED) is 0.750. The molecule has 76 valence electrons. The number of rotatable bonds is 2. The van der Waals surface area contributed by atoms with Crippen molar-refractivity contribution in [2.75, 3.05) is 11.1 Å². The van der Waals surface area contributed by atoms with Crippen LogP contribution in [-0.2, 0) is 0 Å². The first-order valence-corrected chi connectivity index (χ1v) is 5.04.